The van der Waals surface area contributed by atoms with E-state index >= 15 is 0 Å². The minimum Gasteiger partial charge on any atom is -0.498 e. The van der Waals surface area contributed by atoms with E-state index in [2.05, 4.69) is 109 Å². The van der Waals surface area contributed by atoms with Crippen LogP contribution in [-0.2, 0) is 20.1 Å². The molecule has 0 spiro atoms. The van der Waals surface area contributed by atoms with Gasteiger partial charge in [0.15, 0.2) is 0 Å². The number of hydrogen-bond acceptors (Lipinski definition) is 4. The Kier molecular flexibility index (Phi) is 8.89. The summed E-state index contributed by atoms with van der Waals surface area (Å²) in [4.78, 5) is 13.7. The second-order valence-corrected chi connectivity index (χ2v) is 11.3. The van der Waals surface area contributed by atoms with Gasteiger partial charge < -0.3 is 14.4 Å². The fourth-order valence-electron chi connectivity index (χ4n) is 5.59. The predicted molar refractivity (Wildman–Crippen MR) is 184 cm³/mol. The molecule has 8 aromatic rings. The van der Waals surface area contributed by atoms with Gasteiger partial charge in [0.1, 0.15) is 11.1 Å². The van der Waals surface area contributed by atoms with E-state index in [1.165, 1.54) is 27.8 Å². The van der Waals surface area contributed by atoms with Gasteiger partial charge in [-0.05, 0) is 55.4 Å². The van der Waals surface area contributed by atoms with Gasteiger partial charge in [0.05, 0.1) is 5.58 Å². The molecule has 0 aliphatic rings. The molecule has 227 valence electrons. The van der Waals surface area contributed by atoms with Crippen LogP contribution in [0.1, 0.15) is 22.4 Å². The van der Waals surface area contributed by atoms with Crippen LogP contribution < -0.4 is 0 Å². The quantitative estimate of drug-likeness (QED) is 0.168. The van der Waals surface area contributed by atoms with Gasteiger partial charge in [-0.2, -0.15) is 0 Å². The van der Waals surface area contributed by atoms with Crippen LogP contribution in [0.25, 0.3) is 66.5 Å². The molecule has 0 N–H and O–H groups in total. The first-order chi connectivity index (χ1) is 22.0. The van der Waals surface area contributed by atoms with Gasteiger partial charge in [0, 0.05) is 49.0 Å². The number of furan rings is 1. The van der Waals surface area contributed by atoms with Crippen molar-refractivity contribution in [3.63, 3.8) is 0 Å². The van der Waals surface area contributed by atoms with Gasteiger partial charge in [-0.1, -0.05) is 95.7 Å². The number of aryl methyl sites for hydroxylation is 4. The summed E-state index contributed by atoms with van der Waals surface area (Å²) in [6.07, 6.45) is 3.71. The van der Waals surface area contributed by atoms with Crippen molar-refractivity contribution in [3.05, 3.63) is 150 Å². The van der Waals surface area contributed by atoms with E-state index in [1.54, 1.807) is 6.20 Å². The van der Waals surface area contributed by atoms with Crippen molar-refractivity contribution in [2.75, 3.05) is 0 Å². The molecule has 0 aliphatic heterocycles. The van der Waals surface area contributed by atoms with Crippen molar-refractivity contribution in [3.8, 4) is 33.6 Å². The summed E-state index contributed by atoms with van der Waals surface area (Å²) < 4.78 is 6.27. The third-order valence-corrected chi connectivity index (χ3v) is 8.21. The van der Waals surface area contributed by atoms with Crippen LogP contribution in [0.4, 0.5) is 0 Å². The number of rotatable bonds is 3. The topological polar surface area (TPSA) is 51.8 Å². The monoisotopic (exact) mass is 774 g/mol. The first-order valence-corrected chi connectivity index (χ1v) is 15.0. The van der Waals surface area contributed by atoms with Crippen LogP contribution in [0.2, 0.25) is 0 Å². The molecule has 0 saturated carbocycles. The fraction of sp³-hybridized carbons (Fsp3) is 0.0976. The Bertz CT molecular complexity index is 2310. The summed E-state index contributed by atoms with van der Waals surface area (Å²) in [7, 11) is 0. The first kappa shape index (κ1) is 31.0. The summed E-state index contributed by atoms with van der Waals surface area (Å²) >= 11 is 0. The summed E-state index contributed by atoms with van der Waals surface area (Å²) in [5, 5.41) is 3.21. The third kappa shape index (κ3) is 6.00. The molecule has 1 radical (unpaired) electrons. The molecule has 46 heavy (non-hydrogen) atoms. The maximum absolute atomic E-state index is 6.27. The summed E-state index contributed by atoms with van der Waals surface area (Å²) in [6.45, 7) is 8.32. The molecule has 0 atom stereocenters. The molecule has 0 saturated heterocycles. The molecule has 8 rings (SSSR count). The average molecular weight is 774 g/mol. The molecule has 5 heteroatoms. The van der Waals surface area contributed by atoms with E-state index in [1.807, 2.05) is 55.6 Å². The largest absolute Gasteiger partial charge is 0.498 e. The number of aromatic nitrogens is 3. The van der Waals surface area contributed by atoms with Crippen molar-refractivity contribution >= 4 is 32.8 Å². The van der Waals surface area contributed by atoms with Crippen molar-refractivity contribution in [1.82, 2.24) is 15.0 Å². The fourth-order valence-corrected chi connectivity index (χ4v) is 5.59. The summed E-state index contributed by atoms with van der Waals surface area (Å²) in [5.74, 6) is 0. The zero-order valence-corrected chi connectivity index (χ0v) is 28.4. The molecule has 0 amide bonds. The summed E-state index contributed by atoms with van der Waals surface area (Å²) in [5.41, 5.74) is 13.4. The SMILES string of the molecule is Cc1ccc2ccc3c4cc[c-]c(-c5ccccn5)c4oc3c2n1.Cc1cnc(-c2[c-]cc(C)c(-c3ccccc3)c2)cc1C.[Ir]. The molecule has 0 unspecified atom stereocenters. The van der Waals surface area contributed by atoms with Crippen molar-refractivity contribution in [1.29, 1.82) is 0 Å². The average Bonchev–Trinajstić information content (AvgIpc) is 3.47. The van der Waals surface area contributed by atoms with Gasteiger partial charge in [-0.25, -0.2) is 4.98 Å². The third-order valence-electron chi connectivity index (χ3n) is 8.21. The van der Waals surface area contributed by atoms with E-state index in [-0.39, 0.29) is 20.1 Å². The van der Waals surface area contributed by atoms with Gasteiger partial charge in [-0.3, -0.25) is 0 Å². The van der Waals surface area contributed by atoms with Crippen LogP contribution >= 0.6 is 0 Å². The Morgan fingerprint density at radius 1 is 0.652 bits per heavy atom. The number of hydrogen-bond donors (Lipinski definition) is 0. The molecule has 4 heterocycles. The molecule has 4 nitrogen and oxygen atoms in total. The van der Waals surface area contributed by atoms with E-state index in [9.17, 15) is 0 Å². The van der Waals surface area contributed by atoms with E-state index in [4.69, 9.17) is 4.42 Å². The van der Waals surface area contributed by atoms with Crippen molar-refractivity contribution in [2.45, 2.75) is 27.7 Å². The Labute approximate surface area is 282 Å². The van der Waals surface area contributed by atoms with Gasteiger partial charge >= 0.3 is 0 Å². The van der Waals surface area contributed by atoms with E-state index in [0.717, 1.165) is 61.1 Å². The Morgan fingerprint density at radius 2 is 1.43 bits per heavy atom. The minimum atomic E-state index is 0. The Balaban J connectivity index is 0.000000160. The first-order valence-electron chi connectivity index (χ1n) is 15.0. The van der Waals surface area contributed by atoms with Crippen LogP contribution in [0.3, 0.4) is 0 Å². The standard InChI is InChI=1S/C21H13N2O.C20H18N.Ir/c1-13-8-9-14-10-11-16-15-5-4-6-17(18-7-2-3-12-22-18)20(15)24-21(16)19(14)23-13;1-14-9-10-18(20-11-15(2)16(3)13-21-20)12-19(14)17-7-5-4-6-8-17;/h2-5,7-12H,1H3;4-9,11-13H,1-3H3;/q2*-1;. The van der Waals surface area contributed by atoms with Crippen LogP contribution in [0, 0.1) is 39.8 Å². The normalized spacial score (nSPS) is 10.9. The number of pyridine rings is 3. The molecule has 0 aliphatic carbocycles. The number of benzene rings is 4. The second kappa shape index (κ2) is 13.2. The zero-order chi connectivity index (χ0) is 30.9. The minimum absolute atomic E-state index is 0. The maximum Gasteiger partial charge on any atom is 0.147 e. The zero-order valence-electron chi connectivity index (χ0n) is 26.1. The second-order valence-electron chi connectivity index (χ2n) is 11.3. The van der Waals surface area contributed by atoms with E-state index < -0.39 is 0 Å². The van der Waals surface area contributed by atoms with Gasteiger partial charge in [0.25, 0.3) is 0 Å². The van der Waals surface area contributed by atoms with Gasteiger partial charge in [0.2, 0.25) is 0 Å². The van der Waals surface area contributed by atoms with Crippen LogP contribution in [0.15, 0.2) is 120 Å². The van der Waals surface area contributed by atoms with Crippen LogP contribution in [-0.4, -0.2) is 15.0 Å². The molecular formula is C41H31IrN3O-2. The van der Waals surface area contributed by atoms with E-state index in [0.29, 0.717) is 0 Å². The number of nitrogens with zero attached hydrogens (tertiary/aromatic N) is 3. The molecule has 0 bridgehead atoms. The van der Waals surface area contributed by atoms with Crippen molar-refractivity contribution in [2.24, 2.45) is 0 Å². The van der Waals surface area contributed by atoms with Crippen LogP contribution in [0.5, 0.6) is 0 Å². The predicted octanol–water partition coefficient (Wildman–Crippen LogP) is 10.4. The Hall–Kier alpha value is -4.96. The summed E-state index contributed by atoms with van der Waals surface area (Å²) in [6, 6.07) is 41.5. The Morgan fingerprint density at radius 3 is 2.22 bits per heavy atom. The van der Waals surface area contributed by atoms with Crippen molar-refractivity contribution < 1.29 is 24.5 Å². The molecular weight excluding hydrogens is 743 g/mol. The number of fused-ring (bicyclic) bond motifs is 5. The van der Waals surface area contributed by atoms with Gasteiger partial charge in [-0.15, -0.1) is 47.5 Å². The smallest absolute Gasteiger partial charge is 0.147 e. The molecule has 4 aromatic carbocycles. The maximum atomic E-state index is 6.27. The molecule has 0 fully saturated rings. The molecule has 4 aromatic heterocycles.